The molecule has 5 heteroatoms. The minimum absolute atomic E-state index is 0.0339. The Labute approximate surface area is 103 Å². The molecule has 0 saturated carbocycles. The maximum absolute atomic E-state index is 11.3. The molecule has 86 valence electrons. The van der Waals surface area contributed by atoms with E-state index in [1.54, 1.807) is 12.4 Å². The molecule has 1 aromatic heterocycles. The fourth-order valence-corrected chi connectivity index (χ4v) is 2.25. The largest absolute Gasteiger partial charge is 0.326 e. The highest BCUT2D eigenvalue weighted by Crippen LogP contribution is 2.32. The average Bonchev–Trinajstić information content (AvgIpc) is 2.94. The number of amides is 1. The van der Waals surface area contributed by atoms with Gasteiger partial charge in [0.15, 0.2) is 0 Å². The van der Waals surface area contributed by atoms with Gasteiger partial charge in [0.05, 0.1) is 18.0 Å². The third-order valence-corrected chi connectivity index (χ3v) is 3.36. The van der Waals surface area contributed by atoms with Crippen molar-refractivity contribution in [2.24, 2.45) is 0 Å². The summed E-state index contributed by atoms with van der Waals surface area (Å²) < 4.78 is 0. The molecule has 0 aliphatic carbocycles. The first kappa shape index (κ1) is 10.4. The summed E-state index contributed by atoms with van der Waals surface area (Å²) in [6.07, 6.45) is 3.90. The van der Waals surface area contributed by atoms with Crippen molar-refractivity contribution in [1.82, 2.24) is 10.2 Å². The molecule has 2 aromatic rings. The monoisotopic (exact) mass is 247 g/mol. The summed E-state index contributed by atoms with van der Waals surface area (Å²) in [5.74, 6) is 0.0339. The summed E-state index contributed by atoms with van der Waals surface area (Å²) in [5, 5.41) is 9.17. The highest BCUT2D eigenvalue weighted by Gasteiger charge is 2.20. The van der Waals surface area contributed by atoms with Crippen molar-refractivity contribution >= 4 is 23.2 Å². The lowest BCUT2D eigenvalue weighted by molar-refractivity contribution is -0.115. The Bertz CT molecular complexity index is 565. The van der Waals surface area contributed by atoms with E-state index >= 15 is 0 Å². The van der Waals surface area contributed by atoms with E-state index in [9.17, 15) is 4.79 Å². The Morgan fingerprint density at radius 2 is 2.24 bits per heavy atom. The molecule has 0 fully saturated rings. The Balaban J connectivity index is 1.95. The van der Waals surface area contributed by atoms with E-state index in [0.29, 0.717) is 6.42 Å². The van der Waals surface area contributed by atoms with Crippen molar-refractivity contribution in [3.8, 4) is 0 Å². The van der Waals surface area contributed by atoms with Crippen LogP contribution in [0.15, 0.2) is 30.6 Å². The minimum atomic E-state index is -0.241. The number of anilines is 1. The highest BCUT2D eigenvalue weighted by molar-refractivity contribution is 6.22. The first-order valence-electron chi connectivity index (χ1n) is 5.29. The van der Waals surface area contributed by atoms with Gasteiger partial charge in [0, 0.05) is 17.4 Å². The lowest BCUT2D eigenvalue weighted by Crippen LogP contribution is -2.03. The molecule has 0 radical (unpaired) electrons. The maximum atomic E-state index is 11.3. The SMILES string of the molecule is O=C1Cc2cc(C(Cl)c3cn[nH]c3)ccc2N1. The predicted molar refractivity (Wildman–Crippen MR) is 65.1 cm³/mol. The summed E-state index contributed by atoms with van der Waals surface area (Å²) in [5.41, 5.74) is 3.78. The fourth-order valence-electron chi connectivity index (χ4n) is 2.00. The topological polar surface area (TPSA) is 57.8 Å². The van der Waals surface area contributed by atoms with Crippen LogP contribution in [0.25, 0.3) is 0 Å². The van der Waals surface area contributed by atoms with E-state index in [2.05, 4.69) is 15.5 Å². The third-order valence-electron chi connectivity index (χ3n) is 2.86. The quantitative estimate of drug-likeness (QED) is 0.800. The molecule has 17 heavy (non-hydrogen) atoms. The molecule has 0 bridgehead atoms. The number of nitrogens with one attached hydrogen (secondary N) is 2. The van der Waals surface area contributed by atoms with E-state index in [-0.39, 0.29) is 11.3 Å². The van der Waals surface area contributed by atoms with Gasteiger partial charge in [-0.15, -0.1) is 11.6 Å². The number of aromatic amines is 1. The fraction of sp³-hybridized carbons (Fsp3) is 0.167. The zero-order valence-electron chi connectivity index (χ0n) is 8.90. The van der Waals surface area contributed by atoms with Crippen molar-refractivity contribution < 1.29 is 4.79 Å². The van der Waals surface area contributed by atoms with E-state index < -0.39 is 0 Å². The molecule has 1 amide bonds. The molecule has 1 atom stereocenters. The number of benzene rings is 1. The molecular weight excluding hydrogens is 238 g/mol. The number of halogens is 1. The maximum Gasteiger partial charge on any atom is 0.228 e. The van der Waals surface area contributed by atoms with Crippen LogP contribution in [0.4, 0.5) is 5.69 Å². The Morgan fingerprint density at radius 1 is 1.35 bits per heavy atom. The van der Waals surface area contributed by atoms with Gasteiger partial charge in [-0.1, -0.05) is 12.1 Å². The Morgan fingerprint density at radius 3 is 3.00 bits per heavy atom. The van der Waals surface area contributed by atoms with Crippen LogP contribution in [0.2, 0.25) is 0 Å². The average molecular weight is 248 g/mol. The van der Waals surface area contributed by atoms with Crippen molar-refractivity contribution in [1.29, 1.82) is 0 Å². The van der Waals surface area contributed by atoms with E-state index in [1.165, 1.54) is 0 Å². The van der Waals surface area contributed by atoms with E-state index in [4.69, 9.17) is 11.6 Å². The standard InChI is InChI=1S/C12H10ClN3O/c13-12(9-5-14-15-6-9)7-1-2-10-8(3-7)4-11(17)16-10/h1-3,5-6,12H,4H2,(H,14,15)(H,16,17). The lowest BCUT2D eigenvalue weighted by atomic mass is 10.0. The van der Waals surface area contributed by atoms with Gasteiger partial charge in [-0.2, -0.15) is 5.10 Å². The molecule has 0 spiro atoms. The van der Waals surface area contributed by atoms with Gasteiger partial charge >= 0.3 is 0 Å². The van der Waals surface area contributed by atoms with Crippen LogP contribution in [0.5, 0.6) is 0 Å². The molecule has 3 rings (SSSR count). The second-order valence-corrected chi connectivity index (χ2v) is 4.47. The highest BCUT2D eigenvalue weighted by atomic mass is 35.5. The number of nitrogens with zero attached hydrogens (tertiary/aromatic N) is 1. The second kappa shape index (κ2) is 3.89. The number of hydrogen-bond acceptors (Lipinski definition) is 2. The lowest BCUT2D eigenvalue weighted by Gasteiger charge is -2.09. The number of hydrogen-bond donors (Lipinski definition) is 2. The van der Waals surface area contributed by atoms with Gasteiger partial charge in [0.25, 0.3) is 0 Å². The van der Waals surface area contributed by atoms with Crippen LogP contribution in [0.3, 0.4) is 0 Å². The van der Waals surface area contributed by atoms with Gasteiger partial charge in [-0.3, -0.25) is 9.89 Å². The summed E-state index contributed by atoms with van der Waals surface area (Å²) in [6.45, 7) is 0. The molecular formula is C12H10ClN3O. The molecule has 1 aromatic carbocycles. The van der Waals surface area contributed by atoms with Crippen LogP contribution in [0, 0.1) is 0 Å². The molecule has 1 aliphatic heterocycles. The number of carbonyl (C=O) groups is 1. The molecule has 2 heterocycles. The summed E-state index contributed by atoms with van der Waals surface area (Å²) >= 11 is 6.35. The van der Waals surface area contributed by atoms with Crippen molar-refractivity contribution in [2.75, 3.05) is 5.32 Å². The molecule has 0 saturated heterocycles. The summed E-state index contributed by atoms with van der Waals surface area (Å²) in [7, 11) is 0. The molecule has 4 nitrogen and oxygen atoms in total. The van der Waals surface area contributed by atoms with Crippen LogP contribution in [-0.2, 0) is 11.2 Å². The number of aromatic nitrogens is 2. The van der Waals surface area contributed by atoms with Crippen LogP contribution < -0.4 is 5.32 Å². The summed E-state index contributed by atoms with van der Waals surface area (Å²) in [6, 6.07) is 5.79. The minimum Gasteiger partial charge on any atom is -0.326 e. The van der Waals surface area contributed by atoms with Gasteiger partial charge in [-0.25, -0.2) is 0 Å². The Hall–Kier alpha value is -1.81. The van der Waals surface area contributed by atoms with Crippen molar-refractivity contribution in [2.45, 2.75) is 11.8 Å². The Kier molecular flexibility index (Phi) is 2.37. The predicted octanol–water partition coefficient (Wildman–Crippen LogP) is 2.23. The summed E-state index contributed by atoms with van der Waals surface area (Å²) in [4.78, 5) is 11.3. The van der Waals surface area contributed by atoms with Crippen LogP contribution in [-0.4, -0.2) is 16.1 Å². The van der Waals surface area contributed by atoms with Gasteiger partial charge < -0.3 is 5.32 Å². The zero-order valence-corrected chi connectivity index (χ0v) is 9.66. The van der Waals surface area contributed by atoms with Gasteiger partial charge in [-0.05, 0) is 17.2 Å². The molecule has 2 N–H and O–H groups in total. The van der Waals surface area contributed by atoms with Crippen molar-refractivity contribution in [3.63, 3.8) is 0 Å². The van der Waals surface area contributed by atoms with Crippen LogP contribution >= 0.6 is 11.6 Å². The normalized spacial score (nSPS) is 15.5. The van der Waals surface area contributed by atoms with Gasteiger partial charge in [0.2, 0.25) is 5.91 Å². The second-order valence-electron chi connectivity index (χ2n) is 4.04. The first-order valence-corrected chi connectivity index (χ1v) is 5.73. The smallest absolute Gasteiger partial charge is 0.228 e. The number of H-pyrrole nitrogens is 1. The number of rotatable bonds is 2. The van der Waals surface area contributed by atoms with E-state index in [1.807, 2.05) is 18.2 Å². The molecule has 1 unspecified atom stereocenters. The van der Waals surface area contributed by atoms with Crippen LogP contribution in [0.1, 0.15) is 22.1 Å². The van der Waals surface area contributed by atoms with E-state index in [0.717, 1.165) is 22.4 Å². The van der Waals surface area contributed by atoms with Gasteiger partial charge in [0.1, 0.15) is 0 Å². The van der Waals surface area contributed by atoms with Crippen molar-refractivity contribution in [3.05, 3.63) is 47.3 Å². The first-order chi connectivity index (χ1) is 8.24. The number of carbonyl (C=O) groups excluding carboxylic acids is 1. The third kappa shape index (κ3) is 1.80. The molecule has 1 aliphatic rings. The zero-order chi connectivity index (χ0) is 11.8. The number of fused-ring (bicyclic) bond motifs is 1. The number of alkyl halides is 1.